The van der Waals surface area contributed by atoms with Gasteiger partial charge in [0.05, 0.1) is 6.20 Å². The fourth-order valence-corrected chi connectivity index (χ4v) is 2.68. The van der Waals surface area contributed by atoms with Crippen molar-refractivity contribution in [3.63, 3.8) is 0 Å². The lowest BCUT2D eigenvalue weighted by Gasteiger charge is -2.13. The molecule has 0 amide bonds. The number of H-pyrrole nitrogens is 1. The van der Waals surface area contributed by atoms with Crippen LogP contribution in [0.25, 0.3) is 0 Å². The van der Waals surface area contributed by atoms with Crippen LogP contribution in [-0.4, -0.2) is 18.6 Å². The van der Waals surface area contributed by atoms with Crippen LogP contribution in [0.5, 0.6) is 0 Å². The SMILES string of the molecule is CC(NS(=O)(=O)c1cn[nH]c1)c1ccc(N)cc1. The minimum Gasteiger partial charge on any atom is -0.399 e. The summed E-state index contributed by atoms with van der Waals surface area (Å²) < 4.78 is 26.5. The molecule has 96 valence electrons. The Hall–Kier alpha value is -1.86. The molecule has 7 heteroatoms. The summed E-state index contributed by atoms with van der Waals surface area (Å²) in [6.07, 6.45) is 2.59. The van der Waals surface area contributed by atoms with Crippen LogP contribution in [0, 0.1) is 0 Å². The molecule has 0 aliphatic heterocycles. The molecule has 1 aromatic carbocycles. The zero-order valence-corrected chi connectivity index (χ0v) is 10.6. The van der Waals surface area contributed by atoms with E-state index in [9.17, 15) is 8.42 Å². The number of hydrogen-bond donors (Lipinski definition) is 3. The standard InChI is InChI=1S/C11H14N4O2S/c1-8(9-2-4-10(12)5-3-9)15-18(16,17)11-6-13-14-7-11/h2-8,15H,12H2,1H3,(H,13,14). The summed E-state index contributed by atoms with van der Waals surface area (Å²) in [4.78, 5) is 0.116. The first-order valence-corrected chi connectivity index (χ1v) is 6.84. The van der Waals surface area contributed by atoms with Gasteiger partial charge in [0.2, 0.25) is 10.0 Å². The molecule has 0 aliphatic rings. The second kappa shape index (κ2) is 4.79. The second-order valence-corrected chi connectivity index (χ2v) is 5.66. The van der Waals surface area contributed by atoms with E-state index in [2.05, 4.69) is 14.9 Å². The summed E-state index contributed by atoms with van der Waals surface area (Å²) in [5.41, 5.74) is 7.07. The van der Waals surface area contributed by atoms with Crippen LogP contribution < -0.4 is 10.5 Å². The molecule has 18 heavy (non-hydrogen) atoms. The van der Waals surface area contributed by atoms with Crippen molar-refractivity contribution in [1.29, 1.82) is 0 Å². The maximum absolute atomic E-state index is 11.9. The smallest absolute Gasteiger partial charge is 0.244 e. The molecule has 4 N–H and O–H groups in total. The van der Waals surface area contributed by atoms with Gasteiger partial charge in [-0.15, -0.1) is 0 Å². The van der Waals surface area contributed by atoms with Crippen molar-refractivity contribution in [3.05, 3.63) is 42.2 Å². The van der Waals surface area contributed by atoms with Crippen LogP contribution >= 0.6 is 0 Å². The van der Waals surface area contributed by atoms with Crippen molar-refractivity contribution in [2.75, 3.05) is 5.73 Å². The number of nitrogens with one attached hydrogen (secondary N) is 2. The number of benzene rings is 1. The fraction of sp³-hybridized carbons (Fsp3) is 0.182. The maximum Gasteiger partial charge on any atom is 0.244 e. The Morgan fingerprint density at radius 3 is 2.56 bits per heavy atom. The number of rotatable bonds is 4. The van der Waals surface area contributed by atoms with E-state index in [-0.39, 0.29) is 10.9 Å². The highest BCUT2D eigenvalue weighted by molar-refractivity contribution is 7.89. The first kappa shape index (κ1) is 12.6. The minimum absolute atomic E-state index is 0.116. The van der Waals surface area contributed by atoms with Crippen molar-refractivity contribution in [3.8, 4) is 0 Å². The van der Waals surface area contributed by atoms with Crippen LogP contribution in [0.4, 0.5) is 5.69 Å². The third kappa shape index (κ3) is 2.69. The summed E-state index contributed by atoms with van der Waals surface area (Å²) in [6.45, 7) is 1.77. The molecule has 2 rings (SSSR count). The number of hydrogen-bond acceptors (Lipinski definition) is 4. The van der Waals surface area contributed by atoms with Crippen LogP contribution in [0.3, 0.4) is 0 Å². The van der Waals surface area contributed by atoms with Gasteiger partial charge in [0.25, 0.3) is 0 Å². The number of aromatic amines is 1. The number of nitrogen functional groups attached to an aromatic ring is 1. The van der Waals surface area contributed by atoms with Crippen LogP contribution in [-0.2, 0) is 10.0 Å². The average molecular weight is 266 g/mol. The normalized spacial score (nSPS) is 13.4. The van der Waals surface area contributed by atoms with Gasteiger partial charge < -0.3 is 5.73 Å². The molecule has 1 unspecified atom stereocenters. The van der Waals surface area contributed by atoms with Crippen LogP contribution in [0.2, 0.25) is 0 Å². The minimum atomic E-state index is -3.55. The first-order chi connectivity index (χ1) is 8.49. The molecular formula is C11H14N4O2S. The van der Waals surface area contributed by atoms with E-state index in [1.54, 1.807) is 31.2 Å². The molecule has 0 bridgehead atoms. The fourth-order valence-electron chi connectivity index (χ4n) is 1.54. The summed E-state index contributed by atoms with van der Waals surface area (Å²) >= 11 is 0. The molecule has 0 spiro atoms. The molecule has 1 atom stereocenters. The Labute approximate surface area is 105 Å². The van der Waals surface area contributed by atoms with E-state index >= 15 is 0 Å². The Morgan fingerprint density at radius 2 is 2.00 bits per heavy atom. The molecular weight excluding hydrogens is 252 g/mol. The largest absolute Gasteiger partial charge is 0.399 e. The highest BCUT2D eigenvalue weighted by Crippen LogP contribution is 2.17. The van der Waals surface area contributed by atoms with Gasteiger partial charge in [-0.3, -0.25) is 5.10 Å². The average Bonchev–Trinajstić information content (AvgIpc) is 2.83. The molecule has 0 fully saturated rings. The summed E-state index contributed by atoms with van der Waals surface area (Å²) in [5, 5.41) is 6.09. The van der Waals surface area contributed by atoms with E-state index in [0.717, 1.165) is 5.56 Å². The highest BCUT2D eigenvalue weighted by Gasteiger charge is 2.19. The number of sulfonamides is 1. The quantitative estimate of drug-likeness (QED) is 0.719. The topological polar surface area (TPSA) is 101 Å². The Morgan fingerprint density at radius 1 is 1.33 bits per heavy atom. The van der Waals surface area contributed by atoms with Crippen molar-refractivity contribution in [2.24, 2.45) is 0 Å². The summed E-state index contributed by atoms with van der Waals surface area (Å²) in [7, 11) is -3.55. The van der Waals surface area contributed by atoms with Gasteiger partial charge in [0, 0.05) is 17.9 Å². The zero-order valence-electron chi connectivity index (χ0n) is 9.79. The lowest BCUT2D eigenvalue weighted by molar-refractivity contribution is 0.567. The summed E-state index contributed by atoms with van der Waals surface area (Å²) in [6, 6.07) is 6.71. The third-order valence-electron chi connectivity index (χ3n) is 2.55. The third-order valence-corrected chi connectivity index (χ3v) is 4.06. The lowest BCUT2D eigenvalue weighted by Crippen LogP contribution is -2.26. The van der Waals surface area contributed by atoms with Crippen LogP contribution in [0.15, 0.2) is 41.6 Å². The predicted octanol–water partition coefficient (Wildman–Crippen LogP) is 1.03. The second-order valence-electron chi connectivity index (χ2n) is 3.94. The van der Waals surface area contributed by atoms with Gasteiger partial charge in [0.1, 0.15) is 4.90 Å². The number of anilines is 1. The molecule has 1 heterocycles. The van der Waals surface area contributed by atoms with Crippen molar-refractivity contribution in [2.45, 2.75) is 17.9 Å². The lowest BCUT2D eigenvalue weighted by atomic mass is 10.1. The maximum atomic E-state index is 11.9. The van der Waals surface area contributed by atoms with E-state index in [1.807, 2.05) is 0 Å². The van der Waals surface area contributed by atoms with E-state index in [1.165, 1.54) is 12.4 Å². The van der Waals surface area contributed by atoms with Gasteiger partial charge >= 0.3 is 0 Å². The van der Waals surface area contributed by atoms with Gasteiger partial charge in [-0.1, -0.05) is 12.1 Å². The monoisotopic (exact) mass is 266 g/mol. The molecule has 2 aromatic rings. The Balaban J connectivity index is 2.17. The van der Waals surface area contributed by atoms with E-state index in [0.29, 0.717) is 5.69 Å². The molecule has 1 aromatic heterocycles. The number of nitrogens with two attached hydrogens (primary N) is 1. The molecule has 0 saturated carbocycles. The number of aromatic nitrogens is 2. The van der Waals surface area contributed by atoms with E-state index < -0.39 is 10.0 Å². The highest BCUT2D eigenvalue weighted by atomic mass is 32.2. The van der Waals surface area contributed by atoms with Crippen LogP contribution in [0.1, 0.15) is 18.5 Å². The zero-order chi connectivity index (χ0) is 13.2. The van der Waals surface area contributed by atoms with Crippen molar-refractivity contribution < 1.29 is 8.42 Å². The van der Waals surface area contributed by atoms with Gasteiger partial charge in [-0.25, -0.2) is 13.1 Å². The summed E-state index contributed by atoms with van der Waals surface area (Å²) in [5.74, 6) is 0. The van der Waals surface area contributed by atoms with Gasteiger partial charge in [0.15, 0.2) is 0 Å². The van der Waals surface area contributed by atoms with Crippen molar-refractivity contribution >= 4 is 15.7 Å². The van der Waals surface area contributed by atoms with Crippen molar-refractivity contribution in [1.82, 2.24) is 14.9 Å². The number of nitrogens with zero attached hydrogens (tertiary/aromatic N) is 1. The molecule has 0 saturated heterocycles. The van der Waals surface area contributed by atoms with E-state index in [4.69, 9.17) is 5.73 Å². The Bertz CT molecular complexity index is 605. The molecule has 0 aliphatic carbocycles. The molecule has 0 radical (unpaired) electrons. The first-order valence-electron chi connectivity index (χ1n) is 5.35. The van der Waals surface area contributed by atoms with Gasteiger partial charge in [-0.05, 0) is 24.6 Å². The Kier molecular flexibility index (Phi) is 3.35. The predicted molar refractivity (Wildman–Crippen MR) is 68.2 cm³/mol. The molecule has 6 nitrogen and oxygen atoms in total. The van der Waals surface area contributed by atoms with Gasteiger partial charge in [-0.2, -0.15) is 5.10 Å².